The van der Waals surface area contributed by atoms with Crippen molar-refractivity contribution in [1.82, 2.24) is 0 Å². The third kappa shape index (κ3) is 10.1. The molecule has 1 unspecified atom stereocenters. The molecule has 0 rings (SSSR count). The van der Waals surface area contributed by atoms with Gasteiger partial charge in [0.1, 0.15) is 6.54 Å². The van der Waals surface area contributed by atoms with Gasteiger partial charge in [-0.05, 0) is 6.92 Å². The van der Waals surface area contributed by atoms with Crippen LogP contribution in [0.4, 0.5) is 0 Å². The molecule has 0 aromatic carbocycles. The maximum atomic E-state index is 11.9. The van der Waals surface area contributed by atoms with E-state index >= 15 is 0 Å². The minimum absolute atomic E-state index is 0.388. The second-order valence-corrected chi connectivity index (χ2v) is 7.09. The second-order valence-electron chi connectivity index (χ2n) is 3.86. The third-order valence-corrected chi connectivity index (χ3v) is 3.51. The maximum absolute atomic E-state index is 11.9. The first-order chi connectivity index (χ1) is 7.83. The number of hydrogen-bond donors (Lipinski definition) is 5. The van der Waals surface area contributed by atoms with Gasteiger partial charge >= 0.3 is 15.2 Å². The Hall–Kier alpha value is 0.140. The highest BCUT2D eigenvalue weighted by atomic mass is 31.2. The molecule has 0 aliphatic heterocycles. The fraction of sp³-hybridized carbons (Fsp3) is 1.00. The molecule has 1 atom stereocenters. The lowest BCUT2D eigenvalue weighted by molar-refractivity contribution is -0.860. The van der Waals surface area contributed by atoms with E-state index in [1.807, 2.05) is 0 Å². The Bertz CT molecular complexity index is 323. The Balaban J connectivity index is 4.70. The van der Waals surface area contributed by atoms with Crippen molar-refractivity contribution < 1.29 is 43.2 Å². The number of hydrogen-bond acceptors (Lipinski definition) is 5. The summed E-state index contributed by atoms with van der Waals surface area (Å²) in [5.41, 5.74) is 0. The van der Waals surface area contributed by atoms with Crippen LogP contribution in [0.5, 0.6) is 0 Å². The van der Waals surface area contributed by atoms with Crippen molar-refractivity contribution in [2.24, 2.45) is 0 Å². The van der Waals surface area contributed by atoms with E-state index in [1.54, 1.807) is 0 Å². The van der Waals surface area contributed by atoms with Crippen LogP contribution in [-0.4, -0.2) is 61.3 Å². The van der Waals surface area contributed by atoms with Crippen LogP contribution in [0, 0.1) is 5.21 Å². The normalized spacial score (nSPS) is 15.7. The zero-order chi connectivity index (χ0) is 14.6. The second kappa shape index (κ2) is 6.53. The van der Waals surface area contributed by atoms with Crippen molar-refractivity contribution in [3.63, 3.8) is 0 Å². The zero-order valence-electron chi connectivity index (χ0n) is 9.62. The van der Waals surface area contributed by atoms with Gasteiger partial charge in [0, 0.05) is 0 Å². The summed E-state index contributed by atoms with van der Waals surface area (Å²) in [4.78, 5) is 34.8. The topological polar surface area (TPSA) is 168 Å². The summed E-state index contributed by atoms with van der Waals surface area (Å²) in [6.07, 6.45) is -3.72. The van der Waals surface area contributed by atoms with Crippen LogP contribution < -0.4 is 0 Å². The standard InChI is InChI=1S/C6H17NO9P2/c1-6(8)16-3-2-7(9,4-17(10,11)12)5-18(13,14)15/h6,8H,2-5H2,1H3,(H2,10,11,12)(H2,13,14,15). The molecule has 0 saturated heterocycles. The lowest BCUT2D eigenvalue weighted by atomic mass is 10.6. The molecule has 0 aromatic rings. The van der Waals surface area contributed by atoms with E-state index < -0.39 is 45.2 Å². The minimum Gasteiger partial charge on any atom is -0.632 e. The Morgan fingerprint density at radius 2 is 1.56 bits per heavy atom. The molecule has 0 heterocycles. The fourth-order valence-electron chi connectivity index (χ4n) is 1.25. The van der Waals surface area contributed by atoms with Gasteiger partial charge in [0.05, 0.1) is 6.61 Å². The van der Waals surface area contributed by atoms with Crippen molar-refractivity contribution >= 4 is 15.2 Å². The quantitative estimate of drug-likeness (QED) is 0.162. The van der Waals surface area contributed by atoms with Crippen LogP contribution in [0.15, 0.2) is 0 Å². The summed E-state index contributed by atoms with van der Waals surface area (Å²) in [6.45, 7) is 0.272. The molecule has 110 valence electrons. The smallest absolute Gasteiger partial charge is 0.379 e. The molecule has 0 spiro atoms. The average Bonchev–Trinajstić information content (AvgIpc) is 1.93. The van der Waals surface area contributed by atoms with Crippen molar-refractivity contribution in [1.29, 1.82) is 0 Å². The summed E-state index contributed by atoms with van der Waals surface area (Å²) < 4.78 is 24.3. The van der Waals surface area contributed by atoms with Crippen LogP contribution in [0.25, 0.3) is 0 Å². The van der Waals surface area contributed by atoms with Crippen LogP contribution in [-0.2, 0) is 13.9 Å². The Morgan fingerprint density at radius 1 is 1.17 bits per heavy atom. The third-order valence-electron chi connectivity index (χ3n) is 1.74. The first-order valence-corrected chi connectivity index (χ1v) is 8.38. The monoisotopic (exact) mass is 309 g/mol. The summed E-state index contributed by atoms with van der Waals surface area (Å²) >= 11 is 0. The Kier molecular flexibility index (Phi) is 6.59. The van der Waals surface area contributed by atoms with Crippen LogP contribution in [0.1, 0.15) is 6.92 Å². The number of rotatable bonds is 8. The van der Waals surface area contributed by atoms with E-state index in [9.17, 15) is 14.3 Å². The number of aliphatic hydroxyl groups is 1. The highest BCUT2D eigenvalue weighted by Gasteiger charge is 2.34. The Labute approximate surface area is 103 Å². The average molecular weight is 309 g/mol. The molecule has 0 fully saturated rings. The van der Waals surface area contributed by atoms with Gasteiger partial charge in [0.2, 0.25) is 0 Å². The molecule has 0 saturated carbocycles. The first kappa shape index (κ1) is 18.1. The van der Waals surface area contributed by atoms with E-state index in [4.69, 9.17) is 24.7 Å². The molecule has 12 heteroatoms. The van der Waals surface area contributed by atoms with E-state index in [0.29, 0.717) is 0 Å². The fourth-order valence-corrected chi connectivity index (χ4v) is 3.23. The summed E-state index contributed by atoms with van der Waals surface area (Å²) in [5, 5.41) is 20.7. The lowest BCUT2D eigenvalue weighted by Gasteiger charge is -2.42. The number of aliphatic hydroxyl groups excluding tert-OH is 1. The van der Waals surface area contributed by atoms with Gasteiger partial charge in [-0.2, -0.15) is 0 Å². The number of nitrogens with zero attached hydrogens (tertiary/aromatic N) is 1. The number of ether oxygens (including phenoxy) is 1. The molecular formula is C6H17NO9P2. The van der Waals surface area contributed by atoms with Gasteiger partial charge in [-0.3, -0.25) is 9.13 Å². The number of hydroxylamine groups is 3. The molecule has 0 amide bonds. The van der Waals surface area contributed by atoms with Crippen LogP contribution >= 0.6 is 15.2 Å². The molecule has 10 nitrogen and oxygen atoms in total. The summed E-state index contributed by atoms with van der Waals surface area (Å²) in [5.74, 6) is 0. The van der Waals surface area contributed by atoms with E-state index in [1.165, 1.54) is 6.92 Å². The van der Waals surface area contributed by atoms with Crippen molar-refractivity contribution in [3.05, 3.63) is 5.21 Å². The SMILES string of the molecule is CC(O)OCC[N+]([O-])(CP(=O)(O)O)CP(=O)(O)O. The van der Waals surface area contributed by atoms with Gasteiger partial charge in [-0.25, -0.2) is 0 Å². The molecule has 5 N–H and O–H groups in total. The predicted octanol–water partition coefficient (Wildman–Crippen LogP) is -1.07. The molecule has 0 bridgehead atoms. The lowest BCUT2D eigenvalue weighted by Crippen LogP contribution is -2.46. The minimum atomic E-state index is -4.74. The molecule has 0 aliphatic rings. The van der Waals surface area contributed by atoms with Gasteiger partial charge < -0.3 is 39.3 Å². The van der Waals surface area contributed by atoms with Crippen LogP contribution in [0.3, 0.4) is 0 Å². The largest absolute Gasteiger partial charge is 0.632 e. The zero-order valence-corrected chi connectivity index (χ0v) is 11.4. The van der Waals surface area contributed by atoms with Gasteiger partial charge in [0.15, 0.2) is 18.9 Å². The Morgan fingerprint density at radius 3 is 1.83 bits per heavy atom. The highest BCUT2D eigenvalue weighted by Crippen LogP contribution is 2.44. The number of quaternary nitrogens is 1. The van der Waals surface area contributed by atoms with E-state index in [2.05, 4.69) is 4.74 Å². The van der Waals surface area contributed by atoms with Crippen molar-refractivity contribution in [3.8, 4) is 0 Å². The van der Waals surface area contributed by atoms with Crippen molar-refractivity contribution in [2.45, 2.75) is 13.2 Å². The van der Waals surface area contributed by atoms with Gasteiger partial charge in [-0.15, -0.1) is 0 Å². The van der Waals surface area contributed by atoms with E-state index in [-0.39, 0.29) is 6.61 Å². The highest BCUT2D eigenvalue weighted by molar-refractivity contribution is 7.52. The van der Waals surface area contributed by atoms with Gasteiger partial charge in [-0.1, -0.05) is 0 Å². The molecule has 18 heavy (non-hydrogen) atoms. The summed E-state index contributed by atoms with van der Waals surface area (Å²) in [7, 11) is -9.48. The summed E-state index contributed by atoms with van der Waals surface area (Å²) in [6, 6.07) is 0. The van der Waals surface area contributed by atoms with E-state index in [0.717, 1.165) is 0 Å². The molecular weight excluding hydrogens is 292 g/mol. The predicted molar refractivity (Wildman–Crippen MR) is 59.9 cm³/mol. The maximum Gasteiger partial charge on any atom is 0.379 e. The first-order valence-electron chi connectivity index (χ1n) is 4.79. The van der Waals surface area contributed by atoms with Crippen molar-refractivity contribution in [2.75, 3.05) is 25.7 Å². The molecule has 0 aliphatic carbocycles. The molecule has 0 aromatic heterocycles. The molecule has 0 radical (unpaired) electrons. The van der Waals surface area contributed by atoms with Gasteiger partial charge in [0.25, 0.3) is 0 Å². The van der Waals surface area contributed by atoms with Crippen LogP contribution in [0.2, 0.25) is 0 Å².